The molecule has 0 aliphatic rings. The fourth-order valence-corrected chi connectivity index (χ4v) is 2.67. The normalized spacial score (nSPS) is 11.3. The van der Waals surface area contributed by atoms with Crippen LogP contribution in [0, 0.1) is 0 Å². The van der Waals surface area contributed by atoms with E-state index in [2.05, 4.69) is 5.32 Å². The van der Waals surface area contributed by atoms with Gasteiger partial charge in [-0.25, -0.2) is 0 Å². The molecule has 0 saturated heterocycles. The Balaban J connectivity index is 1.44. The lowest BCUT2D eigenvalue weighted by Gasteiger charge is -2.16. The van der Waals surface area contributed by atoms with Crippen molar-refractivity contribution in [3.63, 3.8) is 0 Å². The van der Waals surface area contributed by atoms with Gasteiger partial charge in [0.25, 0.3) is 5.91 Å². The second-order valence-electron chi connectivity index (χ2n) is 6.43. The molecule has 30 heavy (non-hydrogen) atoms. The highest BCUT2D eigenvalue weighted by atomic mass is 16.5. The van der Waals surface area contributed by atoms with E-state index in [0.29, 0.717) is 36.1 Å². The second kappa shape index (κ2) is 10.8. The number of hydrogen-bond donors (Lipinski definition) is 1. The summed E-state index contributed by atoms with van der Waals surface area (Å²) in [5.41, 5.74) is 0.656. The average molecular weight is 407 g/mol. The minimum atomic E-state index is -0.688. The molecule has 1 atom stereocenters. The van der Waals surface area contributed by atoms with E-state index in [1.54, 1.807) is 50.4 Å². The Labute approximate surface area is 176 Å². The summed E-state index contributed by atoms with van der Waals surface area (Å²) in [7, 11) is 1.56. The van der Waals surface area contributed by atoms with Crippen molar-refractivity contribution in [2.24, 2.45) is 0 Å². The molecule has 0 fully saturated rings. The molecule has 0 heterocycles. The van der Waals surface area contributed by atoms with Gasteiger partial charge in [-0.2, -0.15) is 0 Å². The first-order valence-electron chi connectivity index (χ1n) is 9.67. The van der Waals surface area contributed by atoms with Gasteiger partial charge in [0.1, 0.15) is 24.7 Å². The van der Waals surface area contributed by atoms with Gasteiger partial charge in [-0.1, -0.05) is 30.3 Å². The molecule has 0 aliphatic carbocycles. The summed E-state index contributed by atoms with van der Waals surface area (Å²) in [6.45, 7) is 2.55. The monoisotopic (exact) mass is 407 g/mol. The van der Waals surface area contributed by atoms with E-state index in [-0.39, 0.29) is 5.91 Å². The maximum atomic E-state index is 12.4. The number of nitrogens with one attached hydrogen (secondary N) is 1. The third-order valence-corrected chi connectivity index (χ3v) is 4.23. The Morgan fingerprint density at radius 2 is 1.37 bits per heavy atom. The Hall–Kier alpha value is -3.67. The number of carbonyl (C=O) groups excluding carboxylic acids is 1. The maximum absolute atomic E-state index is 12.4. The first-order chi connectivity index (χ1) is 14.7. The zero-order valence-corrected chi connectivity index (χ0v) is 17.0. The van der Waals surface area contributed by atoms with Crippen LogP contribution in [0.2, 0.25) is 0 Å². The number of hydrogen-bond acceptors (Lipinski definition) is 5. The van der Waals surface area contributed by atoms with Crippen molar-refractivity contribution in [1.82, 2.24) is 0 Å². The van der Waals surface area contributed by atoms with Gasteiger partial charge < -0.3 is 24.3 Å². The molecule has 1 amide bonds. The van der Waals surface area contributed by atoms with Crippen molar-refractivity contribution >= 4 is 11.6 Å². The van der Waals surface area contributed by atoms with Gasteiger partial charge in [-0.15, -0.1) is 0 Å². The lowest BCUT2D eigenvalue weighted by molar-refractivity contribution is -0.122. The number of para-hydroxylation sites is 3. The fourth-order valence-electron chi connectivity index (χ4n) is 2.67. The first-order valence-corrected chi connectivity index (χ1v) is 9.67. The minimum absolute atomic E-state index is 0.258. The van der Waals surface area contributed by atoms with Crippen LogP contribution in [-0.2, 0) is 4.79 Å². The summed E-state index contributed by atoms with van der Waals surface area (Å²) < 4.78 is 22.2. The summed E-state index contributed by atoms with van der Waals surface area (Å²) in [6.07, 6.45) is -0.688. The number of benzene rings is 3. The third kappa shape index (κ3) is 6.17. The lowest BCUT2D eigenvalue weighted by Crippen LogP contribution is -2.30. The number of carbonyl (C=O) groups is 1. The zero-order valence-electron chi connectivity index (χ0n) is 17.0. The molecule has 1 N–H and O–H groups in total. The highest BCUT2D eigenvalue weighted by molar-refractivity contribution is 5.94. The predicted molar refractivity (Wildman–Crippen MR) is 116 cm³/mol. The van der Waals surface area contributed by atoms with Crippen LogP contribution >= 0.6 is 0 Å². The minimum Gasteiger partial charge on any atom is -0.493 e. The van der Waals surface area contributed by atoms with Crippen molar-refractivity contribution in [3.8, 4) is 23.0 Å². The van der Waals surface area contributed by atoms with E-state index in [1.807, 2.05) is 42.5 Å². The van der Waals surface area contributed by atoms with Crippen LogP contribution in [0.15, 0.2) is 78.9 Å². The van der Waals surface area contributed by atoms with Crippen LogP contribution in [0.25, 0.3) is 0 Å². The molecule has 0 saturated carbocycles. The molecule has 0 radical (unpaired) electrons. The number of methoxy groups -OCH3 is 1. The zero-order chi connectivity index (χ0) is 21.2. The molecule has 0 aliphatic heterocycles. The molecule has 0 spiro atoms. The highest BCUT2D eigenvalue weighted by Gasteiger charge is 2.16. The Bertz CT molecular complexity index is 928. The van der Waals surface area contributed by atoms with Crippen molar-refractivity contribution < 1.29 is 23.7 Å². The van der Waals surface area contributed by atoms with E-state index >= 15 is 0 Å². The summed E-state index contributed by atoms with van der Waals surface area (Å²) >= 11 is 0. The van der Waals surface area contributed by atoms with Crippen LogP contribution in [-0.4, -0.2) is 32.3 Å². The summed E-state index contributed by atoms with van der Waals surface area (Å²) in [5, 5.41) is 2.83. The van der Waals surface area contributed by atoms with Gasteiger partial charge >= 0.3 is 0 Å². The molecule has 3 aromatic carbocycles. The summed E-state index contributed by atoms with van der Waals surface area (Å²) in [5.74, 6) is 2.34. The van der Waals surface area contributed by atoms with Gasteiger partial charge in [0.15, 0.2) is 17.6 Å². The van der Waals surface area contributed by atoms with Gasteiger partial charge in [-0.05, 0) is 55.5 Å². The van der Waals surface area contributed by atoms with Gasteiger partial charge in [0.05, 0.1) is 7.11 Å². The molecule has 0 aromatic heterocycles. The summed E-state index contributed by atoms with van der Waals surface area (Å²) in [4.78, 5) is 12.4. The fraction of sp³-hybridized carbons (Fsp3) is 0.208. The molecular weight excluding hydrogens is 382 g/mol. The van der Waals surface area contributed by atoms with Gasteiger partial charge in [-0.3, -0.25) is 4.79 Å². The van der Waals surface area contributed by atoms with Crippen LogP contribution in [0.3, 0.4) is 0 Å². The van der Waals surface area contributed by atoms with Gasteiger partial charge in [0, 0.05) is 5.69 Å². The SMILES string of the molecule is COc1ccccc1O[C@H](C)C(=O)Nc1ccc(OCCOc2ccccc2)cc1. The predicted octanol–water partition coefficient (Wildman–Crippen LogP) is 4.56. The molecule has 0 unspecified atom stereocenters. The average Bonchev–Trinajstić information content (AvgIpc) is 2.79. The Kier molecular flexibility index (Phi) is 7.55. The van der Waals surface area contributed by atoms with E-state index in [9.17, 15) is 4.79 Å². The topological polar surface area (TPSA) is 66.0 Å². The van der Waals surface area contributed by atoms with E-state index in [1.165, 1.54) is 0 Å². The highest BCUT2D eigenvalue weighted by Crippen LogP contribution is 2.27. The Morgan fingerprint density at radius 1 is 0.800 bits per heavy atom. The molecule has 3 aromatic rings. The lowest BCUT2D eigenvalue weighted by atomic mass is 10.2. The molecule has 0 bridgehead atoms. The smallest absolute Gasteiger partial charge is 0.265 e. The first kappa shape index (κ1) is 21.0. The second-order valence-corrected chi connectivity index (χ2v) is 6.43. The summed E-state index contributed by atoms with van der Waals surface area (Å²) in [6, 6.07) is 23.9. The number of ether oxygens (including phenoxy) is 4. The van der Waals surface area contributed by atoms with Crippen LogP contribution in [0.4, 0.5) is 5.69 Å². The molecule has 6 heteroatoms. The van der Waals surface area contributed by atoms with E-state index in [4.69, 9.17) is 18.9 Å². The van der Waals surface area contributed by atoms with Crippen LogP contribution in [0.5, 0.6) is 23.0 Å². The van der Waals surface area contributed by atoms with Crippen molar-refractivity contribution in [2.45, 2.75) is 13.0 Å². The third-order valence-electron chi connectivity index (χ3n) is 4.23. The molecule has 156 valence electrons. The Morgan fingerprint density at radius 3 is 2.00 bits per heavy atom. The van der Waals surface area contributed by atoms with Gasteiger partial charge in [0.2, 0.25) is 0 Å². The largest absolute Gasteiger partial charge is 0.493 e. The van der Waals surface area contributed by atoms with Crippen molar-refractivity contribution in [1.29, 1.82) is 0 Å². The quantitative estimate of drug-likeness (QED) is 0.499. The number of anilines is 1. The molecule has 3 rings (SSSR count). The van der Waals surface area contributed by atoms with Crippen LogP contribution < -0.4 is 24.3 Å². The van der Waals surface area contributed by atoms with E-state index < -0.39 is 6.10 Å². The van der Waals surface area contributed by atoms with Crippen molar-refractivity contribution in [2.75, 3.05) is 25.6 Å². The van der Waals surface area contributed by atoms with Crippen molar-refractivity contribution in [3.05, 3.63) is 78.9 Å². The van der Waals surface area contributed by atoms with E-state index in [0.717, 1.165) is 5.75 Å². The maximum Gasteiger partial charge on any atom is 0.265 e. The van der Waals surface area contributed by atoms with Crippen LogP contribution in [0.1, 0.15) is 6.92 Å². The number of rotatable bonds is 10. The molecule has 6 nitrogen and oxygen atoms in total. The molecular formula is C24H25NO5. The standard InChI is InChI=1S/C24H25NO5/c1-18(30-23-11-7-6-10-22(23)27-2)24(26)25-19-12-14-21(15-13-19)29-17-16-28-20-8-4-3-5-9-20/h3-15,18H,16-17H2,1-2H3,(H,25,26)/t18-/m1/s1. The number of amides is 1.